The van der Waals surface area contributed by atoms with Crippen molar-refractivity contribution >= 4 is 6.21 Å². The molecule has 0 saturated carbocycles. The van der Waals surface area contributed by atoms with Gasteiger partial charge in [0, 0.05) is 12.5 Å². The first-order valence-corrected chi connectivity index (χ1v) is 5.41. The molecular formula is C13H20N+. The Kier molecular flexibility index (Phi) is 4.37. The van der Waals surface area contributed by atoms with Gasteiger partial charge in [0.25, 0.3) is 0 Å². The van der Waals surface area contributed by atoms with Crippen molar-refractivity contribution in [2.45, 2.75) is 33.7 Å². The second-order valence-electron chi connectivity index (χ2n) is 3.49. The van der Waals surface area contributed by atoms with Crippen molar-refractivity contribution in [3.05, 3.63) is 35.4 Å². The van der Waals surface area contributed by atoms with Crippen LogP contribution in [0.15, 0.2) is 24.3 Å². The van der Waals surface area contributed by atoms with Gasteiger partial charge in [0.05, 0.1) is 0 Å². The molecule has 0 radical (unpaired) electrons. The van der Waals surface area contributed by atoms with Crippen molar-refractivity contribution in [2.24, 2.45) is 0 Å². The van der Waals surface area contributed by atoms with Crippen LogP contribution < -0.4 is 0 Å². The zero-order valence-corrected chi connectivity index (χ0v) is 9.46. The highest BCUT2D eigenvalue weighted by molar-refractivity contribution is 5.46. The first-order chi connectivity index (χ1) is 6.80. The molecule has 0 unspecified atom stereocenters. The molecule has 0 heterocycles. The molecule has 1 rings (SSSR count). The lowest BCUT2D eigenvalue weighted by Gasteiger charge is -2.02. The van der Waals surface area contributed by atoms with Crippen molar-refractivity contribution < 1.29 is 4.58 Å². The fourth-order valence-corrected chi connectivity index (χ4v) is 1.50. The van der Waals surface area contributed by atoms with E-state index in [-0.39, 0.29) is 0 Å². The van der Waals surface area contributed by atoms with Crippen LogP contribution >= 0.6 is 0 Å². The molecule has 0 N–H and O–H groups in total. The number of hydrogen-bond acceptors (Lipinski definition) is 0. The third kappa shape index (κ3) is 2.99. The average Bonchev–Trinajstić information content (AvgIpc) is 2.26. The Morgan fingerprint density at radius 2 is 1.64 bits per heavy atom. The van der Waals surface area contributed by atoms with E-state index in [0.717, 1.165) is 19.5 Å². The van der Waals surface area contributed by atoms with Crippen LogP contribution in [0.2, 0.25) is 0 Å². The summed E-state index contributed by atoms with van der Waals surface area (Å²) in [5.74, 6) is 0. The maximum Gasteiger partial charge on any atom is 0.167 e. The van der Waals surface area contributed by atoms with Crippen LogP contribution in [0.3, 0.4) is 0 Å². The molecule has 0 atom stereocenters. The minimum Gasteiger partial charge on any atom is -0.236 e. The van der Waals surface area contributed by atoms with Gasteiger partial charge in [0.2, 0.25) is 0 Å². The Morgan fingerprint density at radius 3 is 2.07 bits per heavy atom. The summed E-state index contributed by atoms with van der Waals surface area (Å²) in [4.78, 5) is 0. The van der Waals surface area contributed by atoms with Gasteiger partial charge in [-0.3, -0.25) is 0 Å². The van der Waals surface area contributed by atoms with Gasteiger partial charge < -0.3 is 0 Å². The van der Waals surface area contributed by atoms with E-state index in [1.165, 1.54) is 11.1 Å². The lowest BCUT2D eigenvalue weighted by atomic mass is 10.1. The predicted molar refractivity (Wildman–Crippen MR) is 62.1 cm³/mol. The van der Waals surface area contributed by atoms with E-state index in [9.17, 15) is 0 Å². The molecule has 1 nitrogen and oxygen atoms in total. The van der Waals surface area contributed by atoms with E-state index in [1.54, 1.807) is 0 Å². The number of nitrogens with zero attached hydrogens (tertiary/aromatic N) is 1. The smallest absolute Gasteiger partial charge is 0.167 e. The fraction of sp³-hybridized carbons (Fsp3) is 0.462. The lowest BCUT2D eigenvalue weighted by Crippen LogP contribution is -2.11. The molecule has 0 fully saturated rings. The van der Waals surface area contributed by atoms with Gasteiger partial charge in [-0.15, -0.1) is 0 Å². The number of rotatable bonds is 4. The highest BCUT2D eigenvalue weighted by atomic mass is 15.0. The van der Waals surface area contributed by atoms with Crippen molar-refractivity contribution in [2.75, 3.05) is 6.54 Å². The van der Waals surface area contributed by atoms with E-state index in [4.69, 9.17) is 0 Å². The minimum absolute atomic E-state index is 1.02. The first kappa shape index (κ1) is 11.0. The van der Waals surface area contributed by atoms with Gasteiger partial charge in [0.15, 0.2) is 6.54 Å². The van der Waals surface area contributed by atoms with E-state index in [1.807, 2.05) is 0 Å². The summed E-state index contributed by atoms with van der Waals surface area (Å²) >= 11 is 0. The standard InChI is InChI=1S/C13H20N/c1-4-12-7-9-13(10-8-12)11-14(5-2)6-3/h5,7-10H,4,6,11H2,1-3H3/q+1. The summed E-state index contributed by atoms with van der Waals surface area (Å²) < 4.78 is 2.31. The molecule has 0 spiro atoms. The van der Waals surface area contributed by atoms with E-state index in [0.29, 0.717) is 0 Å². The highest BCUT2D eigenvalue weighted by Crippen LogP contribution is 2.05. The summed E-state index contributed by atoms with van der Waals surface area (Å²) in [6, 6.07) is 8.90. The molecule has 1 aromatic carbocycles. The minimum atomic E-state index is 1.02. The second-order valence-corrected chi connectivity index (χ2v) is 3.49. The molecule has 1 heteroatoms. The van der Waals surface area contributed by atoms with Crippen LogP contribution in [0, 0.1) is 0 Å². The maximum absolute atomic E-state index is 2.31. The van der Waals surface area contributed by atoms with Gasteiger partial charge in [0.1, 0.15) is 12.8 Å². The van der Waals surface area contributed by atoms with Crippen LogP contribution in [-0.4, -0.2) is 17.3 Å². The molecule has 0 bridgehead atoms. The molecule has 0 aliphatic heterocycles. The molecular weight excluding hydrogens is 170 g/mol. The van der Waals surface area contributed by atoms with Crippen LogP contribution in [-0.2, 0) is 13.0 Å². The Hall–Kier alpha value is -1.11. The molecule has 0 amide bonds. The SMILES string of the molecule is CC=[N+](CC)Cc1ccc(CC)cc1. The summed E-state index contributed by atoms with van der Waals surface area (Å²) in [5.41, 5.74) is 2.81. The second kappa shape index (κ2) is 5.58. The third-order valence-electron chi connectivity index (χ3n) is 2.59. The van der Waals surface area contributed by atoms with Gasteiger partial charge in [-0.1, -0.05) is 31.2 Å². The van der Waals surface area contributed by atoms with E-state index in [2.05, 4.69) is 55.8 Å². The summed E-state index contributed by atoms with van der Waals surface area (Å²) in [6.07, 6.45) is 3.27. The molecule has 1 aromatic rings. The molecule has 14 heavy (non-hydrogen) atoms. The van der Waals surface area contributed by atoms with Gasteiger partial charge in [-0.25, -0.2) is 4.58 Å². The fourth-order valence-electron chi connectivity index (χ4n) is 1.50. The summed E-state index contributed by atoms with van der Waals surface area (Å²) in [6.45, 7) is 8.56. The summed E-state index contributed by atoms with van der Waals surface area (Å²) in [7, 11) is 0. The topological polar surface area (TPSA) is 3.01 Å². The summed E-state index contributed by atoms with van der Waals surface area (Å²) in [5, 5.41) is 0. The molecule has 0 aliphatic rings. The van der Waals surface area contributed by atoms with E-state index >= 15 is 0 Å². The first-order valence-electron chi connectivity index (χ1n) is 5.41. The van der Waals surface area contributed by atoms with E-state index < -0.39 is 0 Å². The number of aryl methyl sites for hydroxylation is 1. The quantitative estimate of drug-likeness (QED) is 0.507. The van der Waals surface area contributed by atoms with Crippen LogP contribution in [0.5, 0.6) is 0 Å². The van der Waals surface area contributed by atoms with Crippen molar-refractivity contribution in [1.29, 1.82) is 0 Å². The molecule has 0 aromatic heterocycles. The van der Waals surface area contributed by atoms with Gasteiger partial charge in [-0.2, -0.15) is 0 Å². The number of hydrogen-bond donors (Lipinski definition) is 0. The monoisotopic (exact) mass is 190 g/mol. The lowest BCUT2D eigenvalue weighted by molar-refractivity contribution is -0.536. The predicted octanol–water partition coefficient (Wildman–Crippen LogP) is 2.87. The van der Waals surface area contributed by atoms with Crippen molar-refractivity contribution in [3.63, 3.8) is 0 Å². The van der Waals surface area contributed by atoms with Gasteiger partial charge >= 0.3 is 0 Å². The Balaban J connectivity index is 2.68. The van der Waals surface area contributed by atoms with Crippen molar-refractivity contribution in [3.8, 4) is 0 Å². The maximum atomic E-state index is 2.31. The van der Waals surface area contributed by atoms with Crippen LogP contribution in [0.25, 0.3) is 0 Å². The van der Waals surface area contributed by atoms with Gasteiger partial charge in [-0.05, 0) is 18.9 Å². The zero-order valence-electron chi connectivity index (χ0n) is 9.46. The molecule has 76 valence electrons. The third-order valence-corrected chi connectivity index (χ3v) is 2.59. The Morgan fingerprint density at radius 1 is 1.07 bits per heavy atom. The van der Waals surface area contributed by atoms with Crippen LogP contribution in [0.1, 0.15) is 31.9 Å². The van der Waals surface area contributed by atoms with Crippen LogP contribution in [0.4, 0.5) is 0 Å². The largest absolute Gasteiger partial charge is 0.236 e. The molecule has 0 saturated heterocycles. The molecule has 0 aliphatic carbocycles. The average molecular weight is 190 g/mol. The normalized spacial score (nSPS) is 11.8. The van der Waals surface area contributed by atoms with Crippen molar-refractivity contribution in [1.82, 2.24) is 0 Å². The zero-order chi connectivity index (χ0) is 10.4. The Bertz CT molecular complexity index is 296. The highest BCUT2D eigenvalue weighted by Gasteiger charge is 2.01. The number of benzene rings is 1. The Labute approximate surface area is 87.1 Å².